The molecular weight excluding hydrogens is 176 g/mol. The van der Waals surface area contributed by atoms with Crippen LogP contribution in [0, 0.1) is 5.41 Å². The Bertz CT molecular complexity index is 186. The molecule has 1 unspecified atom stereocenters. The van der Waals surface area contributed by atoms with Crippen LogP contribution < -0.4 is 5.73 Å². The average Bonchev–Trinajstić information content (AvgIpc) is 2.14. The molecule has 0 bridgehead atoms. The number of nitrogens with two attached hydrogens (primary N) is 1. The molecule has 1 saturated carbocycles. The maximum atomic E-state index is 5.87. The fourth-order valence-electron chi connectivity index (χ4n) is 2.53. The minimum Gasteiger partial charge on any atom is -0.379 e. The zero-order chi connectivity index (χ0) is 10.0. The Balaban J connectivity index is 1.88. The molecule has 0 radical (unpaired) electrons. The summed E-state index contributed by atoms with van der Waals surface area (Å²) in [7, 11) is 0. The van der Waals surface area contributed by atoms with Gasteiger partial charge in [0.1, 0.15) is 0 Å². The van der Waals surface area contributed by atoms with Gasteiger partial charge >= 0.3 is 0 Å². The van der Waals surface area contributed by atoms with Crippen molar-refractivity contribution in [3.05, 3.63) is 0 Å². The van der Waals surface area contributed by atoms with Gasteiger partial charge in [-0.05, 0) is 31.7 Å². The molecule has 1 heterocycles. The lowest BCUT2D eigenvalue weighted by Crippen LogP contribution is -2.53. The van der Waals surface area contributed by atoms with Gasteiger partial charge in [0.15, 0.2) is 0 Å². The van der Waals surface area contributed by atoms with Gasteiger partial charge in [-0.1, -0.05) is 6.42 Å². The number of rotatable bonds is 3. The highest BCUT2D eigenvalue weighted by Crippen LogP contribution is 2.40. The summed E-state index contributed by atoms with van der Waals surface area (Å²) in [6, 6.07) is 0.577. The monoisotopic (exact) mass is 198 g/mol. The molecule has 2 aliphatic rings. The fourth-order valence-corrected chi connectivity index (χ4v) is 2.53. The number of hydrogen-bond donors (Lipinski definition) is 1. The number of morpholine rings is 1. The van der Waals surface area contributed by atoms with E-state index >= 15 is 0 Å². The summed E-state index contributed by atoms with van der Waals surface area (Å²) < 4.78 is 5.44. The van der Waals surface area contributed by atoms with Crippen LogP contribution in [0.4, 0.5) is 0 Å². The van der Waals surface area contributed by atoms with E-state index in [0.717, 1.165) is 26.3 Å². The summed E-state index contributed by atoms with van der Waals surface area (Å²) in [5.74, 6) is 0. The second-order valence-corrected chi connectivity index (χ2v) is 4.95. The Labute approximate surface area is 86.6 Å². The van der Waals surface area contributed by atoms with E-state index in [-0.39, 0.29) is 0 Å². The van der Waals surface area contributed by atoms with Crippen LogP contribution in [-0.2, 0) is 4.74 Å². The van der Waals surface area contributed by atoms with E-state index in [4.69, 9.17) is 10.5 Å². The highest BCUT2D eigenvalue weighted by molar-refractivity contribution is 4.92. The number of nitrogens with zero attached hydrogens (tertiary/aromatic N) is 1. The first-order valence-electron chi connectivity index (χ1n) is 5.78. The standard InChI is InChI=1S/C11H22N2O/c1-10-7-14-6-5-13(10)9-11(8-12)3-2-4-11/h10H,2-9,12H2,1H3. The molecule has 82 valence electrons. The van der Waals surface area contributed by atoms with Gasteiger partial charge in [-0.3, -0.25) is 4.90 Å². The van der Waals surface area contributed by atoms with Crippen LogP contribution in [0.1, 0.15) is 26.2 Å². The molecule has 0 aromatic rings. The molecule has 1 aliphatic carbocycles. The highest BCUT2D eigenvalue weighted by atomic mass is 16.5. The molecule has 0 aromatic carbocycles. The first kappa shape index (κ1) is 10.4. The summed E-state index contributed by atoms with van der Waals surface area (Å²) in [4.78, 5) is 2.55. The van der Waals surface area contributed by atoms with Crippen LogP contribution in [0.2, 0.25) is 0 Å². The van der Waals surface area contributed by atoms with E-state index < -0.39 is 0 Å². The minimum absolute atomic E-state index is 0.450. The van der Waals surface area contributed by atoms with E-state index in [0.29, 0.717) is 11.5 Å². The highest BCUT2D eigenvalue weighted by Gasteiger charge is 2.38. The first-order valence-corrected chi connectivity index (χ1v) is 5.78. The predicted octanol–water partition coefficient (Wildman–Crippen LogP) is 0.836. The Kier molecular flexibility index (Phi) is 3.10. The van der Waals surface area contributed by atoms with Crippen LogP contribution in [0.3, 0.4) is 0 Å². The maximum Gasteiger partial charge on any atom is 0.0619 e. The molecule has 2 N–H and O–H groups in total. The van der Waals surface area contributed by atoms with Crippen molar-refractivity contribution < 1.29 is 4.74 Å². The summed E-state index contributed by atoms with van der Waals surface area (Å²) >= 11 is 0. The van der Waals surface area contributed by atoms with Crippen molar-refractivity contribution in [1.82, 2.24) is 4.90 Å². The van der Waals surface area contributed by atoms with E-state index in [1.807, 2.05) is 0 Å². The van der Waals surface area contributed by atoms with Gasteiger partial charge < -0.3 is 10.5 Å². The molecule has 0 amide bonds. The largest absolute Gasteiger partial charge is 0.379 e. The molecule has 2 fully saturated rings. The molecule has 0 spiro atoms. The Morgan fingerprint density at radius 1 is 1.50 bits per heavy atom. The van der Waals surface area contributed by atoms with Crippen LogP contribution in [0.25, 0.3) is 0 Å². The normalized spacial score (nSPS) is 32.6. The van der Waals surface area contributed by atoms with Crippen molar-refractivity contribution in [1.29, 1.82) is 0 Å². The second kappa shape index (κ2) is 4.17. The number of ether oxygens (including phenoxy) is 1. The van der Waals surface area contributed by atoms with Gasteiger partial charge in [-0.2, -0.15) is 0 Å². The van der Waals surface area contributed by atoms with Gasteiger partial charge in [0.05, 0.1) is 13.2 Å². The van der Waals surface area contributed by atoms with Gasteiger partial charge in [-0.15, -0.1) is 0 Å². The van der Waals surface area contributed by atoms with Gasteiger partial charge in [0.25, 0.3) is 0 Å². The number of hydrogen-bond acceptors (Lipinski definition) is 3. The van der Waals surface area contributed by atoms with Crippen molar-refractivity contribution in [2.45, 2.75) is 32.2 Å². The average molecular weight is 198 g/mol. The molecule has 1 saturated heterocycles. The second-order valence-electron chi connectivity index (χ2n) is 4.95. The van der Waals surface area contributed by atoms with E-state index in [1.54, 1.807) is 0 Å². The fraction of sp³-hybridized carbons (Fsp3) is 1.00. The third-order valence-electron chi connectivity index (χ3n) is 3.89. The Hall–Kier alpha value is -0.120. The van der Waals surface area contributed by atoms with E-state index in [1.165, 1.54) is 25.8 Å². The van der Waals surface area contributed by atoms with Crippen LogP contribution in [0.15, 0.2) is 0 Å². The van der Waals surface area contributed by atoms with Crippen molar-refractivity contribution >= 4 is 0 Å². The zero-order valence-electron chi connectivity index (χ0n) is 9.17. The lowest BCUT2D eigenvalue weighted by Gasteiger charge is -2.47. The summed E-state index contributed by atoms with van der Waals surface area (Å²) in [5.41, 5.74) is 6.32. The lowest BCUT2D eigenvalue weighted by atomic mass is 9.68. The summed E-state index contributed by atoms with van der Waals surface area (Å²) in [6.07, 6.45) is 4.02. The summed E-state index contributed by atoms with van der Waals surface area (Å²) in [5, 5.41) is 0. The molecule has 0 aromatic heterocycles. The van der Waals surface area contributed by atoms with Crippen LogP contribution in [-0.4, -0.2) is 43.8 Å². The third-order valence-corrected chi connectivity index (χ3v) is 3.89. The lowest BCUT2D eigenvalue weighted by molar-refractivity contribution is -0.0342. The third kappa shape index (κ3) is 1.95. The Morgan fingerprint density at radius 2 is 2.29 bits per heavy atom. The van der Waals surface area contributed by atoms with Crippen molar-refractivity contribution in [3.63, 3.8) is 0 Å². The van der Waals surface area contributed by atoms with E-state index in [9.17, 15) is 0 Å². The zero-order valence-corrected chi connectivity index (χ0v) is 9.17. The smallest absolute Gasteiger partial charge is 0.0619 e. The van der Waals surface area contributed by atoms with Crippen molar-refractivity contribution in [2.24, 2.45) is 11.1 Å². The predicted molar refractivity (Wildman–Crippen MR) is 57.2 cm³/mol. The van der Waals surface area contributed by atoms with Crippen molar-refractivity contribution in [3.8, 4) is 0 Å². The molecule has 1 atom stereocenters. The quantitative estimate of drug-likeness (QED) is 0.730. The van der Waals surface area contributed by atoms with E-state index in [2.05, 4.69) is 11.8 Å². The first-order chi connectivity index (χ1) is 6.76. The van der Waals surface area contributed by atoms with Gasteiger partial charge in [0.2, 0.25) is 0 Å². The summed E-state index contributed by atoms with van der Waals surface area (Å²) in [6.45, 7) is 7.17. The van der Waals surface area contributed by atoms with Crippen molar-refractivity contribution in [2.75, 3.05) is 32.8 Å². The molecule has 14 heavy (non-hydrogen) atoms. The molecule has 3 nitrogen and oxygen atoms in total. The van der Waals surface area contributed by atoms with Crippen LogP contribution in [0.5, 0.6) is 0 Å². The van der Waals surface area contributed by atoms with Gasteiger partial charge in [-0.25, -0.2) is 0 Å². The van der Waals surface area contributed by atoms with Crippen LogP contribution >= 0.6 is 0 Å². The SMILES string of the molecule is CC1COCCN1CC1(CN)CCC1. The van der Waals surface area contributed by atoms with Gasteiger partial charge in [0, 0.05) is 19.1 Å². The topological polar surface area (TPSA) is 38.5 Å². The maximum absolute atomic E-state index is 5.87. The molecule has 1 aliphatic heterocycles. The molecular formula is C11H22N2O. The molecule has 3 heteroatoms. The molecule has 2 rings (SSSR count). The Morgan fingerprint density at radius 3 is 2.79 bits per heavy atom. The minimum atomic E-state index is 0.450.